The zero-order valence-electron chi connectivity index (χ0n) is 10.0. The molecule has 0 saturated carbocycles. The van der Waals surface area contributed by atoms with E-state index in [1.165, 1.54) is 11.3 Å². The van der Waals surface area contributed by atoms with Crippen molar-refractivity contribution in [3.8, 4) is 11.3 Å². The predicted octanol–water partition coefficient (Wildman–Crippen LogP) is 2.01. The summed E-state index contributed by atoms with van der Waals surface area (Å²) in [5, 5.41) is 7.36. The largest absolute Gasteiger partial charge is 0.378 e. The highest BCUT2D eigenvalue weighted by molar-refractivity contribution is 5.65. The Kier molecular flexibility index (Phi) is 2.37. The Balaban J connectivity index is 1.98. The molecule has 2 heterocycles. The number of anilines is 1. The van der Waals surface area contributed by atoms with Crippen LogP contribution in [0.15, 0.2) is 28.8 Å². The predicted molar refractivity (Wildman–Crippen MR) is 66.8 cm³/mol. The Bertz CT molecular complexity index is 528. The van der Waals surface area contributed by atoms with E-state index in [-0.39, 0.29) is 0 Å². The summed E-state index contributed by atoms with van der Waals surface area (Å²) in [5.74, 6) is 0.898. The second kappa shape index (κ2) is 3.89. The molecule has 0 spiro atoms. The van der Waals surface area contributed by atoms with Crippen molar-refractivity contribution in [3.05, 3.63) is 35.5 Å². The van der Waals surface area contributed by atoms with Crippen LogP contribution in [0, 0.1) is 0 Å². The molecule has 0 radical (unpaired) electrons. The molecule has 0 bridgehead atoms. The molecule has 0 unspecified atom stereocenters. The lowest BCUT2D eigenvalue weighted by atomic mass is 10.1. The Morgan fingerprint density at radius 3 is 2.65 bits per heavy atom. The fourth-order valence-electron chi connectivity index (χ4n) is 2.11. The minimum atomic E-state index is 0.814. The van der Waals surface area contributed by atoms with E-state index in [4.69, 9.17) is 4.52 Å². The first kappa shape index (κ1) is 10.4. The number of nitrogens with one attached hydrogen (secondary N) is 1. The second-order valence-electron chi connectivity index (χ2n) is 4.48. The molecule has 4 heteroatoms. The highest BCUT2D eigenvalue weighted by atomic mass is 16.5. The van der Waals surface area contributed by atoms with Crippen LogP contribution < -0.4 is 10.2 Å². The normalized spacial score (nSPS) is 13.8. The lowest BCUT2D eigenvalue weighted by molar-refractivity contribution is 0.417. The third-order valence-electron chi connectivity index (χ3n) is 3.11. The van der Waals surface area contributed by atoms with Gasteiger partial charge >= 0.3 is 0 Å². The number of rotatable bonds is 2. The minimum Gasteiger partial charge on any atom is -0.378 e. The molecule has 2 aromatic rings. The second-order valence-corrected chi connectivity index (χ2v) is 4.48. The first-order valence-electron chi connectivity index (χ1n) is 5.71. The van der Waals surface area contributed by atoms with Crippen LogP contribution in [-0.4, -0.2) is 19.3 Å². The van der Waals surface area contributed by atoms with Crippen LogP contribution in [0.5, 0.6) is 0 Å². The van der Waals surface area contributed by atoms with Crippen molar-refractivity contribution in [2.45, 2.75) is 13.1 Å². The van der Waals surface area contributed by atoms with Crippen molar-refractivity contribution in [1.82, 2.24) is 10.5 Å². The Labute approximate surface area is 100 Å². The highest BCUT2D eigenvalue weighted by Gasteiger charge is 2.21. The number of aromatic nitrogens is 1. The van der Waals surface area contributed by atoms with E-state index in [0.717, 1.165) is 30.1 Å². The molecule has 1 aliphatic heterocycles. The standard InChI is InChI=1S/C13H15N3O/c1-16(2)10-5-3-9(4-6-10)13-11-7-14-8-12(11)15-17-13/h3-6,14H,7-8H2,1-2H3. The molecular formula is C13H15N3O. The summed E-state index contributed by atoms with van der Waals surface area (Å²) in [7, 11) is 4.07. The van der Waals surface area contributed by atoms with Crippen molar-refractivity contribution in [2.75, 3.05) is 19.0 Å². The summed E-state index contributed by atoms with van der Waals surface area (Å²) in [4.78, 5) is 2.08. The van der Waals surface area contributed by atoms with Gasteiger partial charge in [0.2, 0.25) is 0 Å². The van der Waals surface area contributed by atoms with Crippen molar-refractivity contribution >= 4 is 5.69 Å². The smallest absolute Gasteiger partial charge is 0.171 e. The molecule has 4 nitrogen and oxygen atoms in total. The van der Waals surface area contributed by atoms with E-state index in [2.05, 4.69) is 39.6 Å². The molecule has 1 aromatic heterocycles. The van der Waals surface area contributed by atoms with E-state index in [1.54, 1.807) is 0 Å². The first-order chi connectivity index (χ1) is 8.25. The van der Waals surface area contributed by atoms with Gasteiger partial charge in [-0.3, -0.25) is 0 Å². The SMILES string of the molecule is CN(C)c1ccc(-c2onc3c2CNC3)cc1. The van der Waals surface area contributed by atoms with Crippen LogP contribution in [0.1, 0.15) is 11.3 Å². The van der Waals surface area contributed by atoms with Crippen LogP contribution in [0.2, 0.25) is 0 Å². The quantitative estimate of drug-likeness (QED) is 0.855. The fourth-order valence-corrected chi connectivity index (χ4v) is 2.11. The molecule has 17 heavy (non-hydrogen) atoms. The highest BCUT2D eigenvalue weighted by Crippen LogP contribution is 2.30. The van der Waals surface area contributed by atoms with Gasteiger partial charge in [0.05, 0.1) is 0 Å². The average molecular weight is 229 g/mol. The third-order valence-corrected chi connectivity index (χ3v) is 3.11. The number of hydrogen-bond acceptors (Lipinski definition) is 4. The maximum Gasteiger partial charge on any atom is 0.171 e. The Morgan fingerprint density at radius 2 is 1.94 bits per heavy atom. The fraction of sp³-hybridized carbons (Fsp3) is 0.308. The molecule has 3 rings (SSSR count). The van der Waals surface area contributed by atoms with Gasteiger partial charge in [0.25, 0.3) is 0 Å². The van der Waals surface area contributed by atoms with Crippen LogP contribution in [0.4, 0.5) is 5.69 Å². The molecule has 0 saturated heterocycles. The van der Waals surface area contributed by atoms with E-state index in [1.807, 2.05) is 14.1 Å². The first-order valence-corrected chi connectivity index (χ1v) is 5.71. The van der Waals surface area contributed by atoms with E-state index < -0.39 is 0 Å². The molecular weight excluding hydrogens is 214 g/mol. The van der Waals surface area contributed by atoms with E-state index in [9.17, 15) is 0 Å². The monoisotopic (exact) mass is 229 g/mol. The number of hydrogen-bond donors (Lipinski definition) is 1. The molecule has 0 atom stereocenters. The summed E-state index contributed by atoms with van der Waals surface area (Å²) in [5.41, 5.74) is 4.51. The van der Waals surface area contributed by atoms with Gasteiger partial charge in [-0.25, -0.2) is 0 Å². The molecule has 0 aliphatic carbocycles. The van der Waals surface area contributed by atoms with Gasteiger partial charge in [0.1, 0.15) is 5.69 Å². The minimum absolute atomic E-state index is 0.814. The number of fused-ring (bicyclic) bond motifs is 1. The van der Waals surface area contributed by atoms with Gasteiger partial charge in [-0.15, -0.1) is 0 Å². The van der Waals surface area contributed by atoms with Crippen molar-refractivity contribution < 1.29 is 4.52 Å². The average Bonchev–Trinajstić information content (AvgIpc) is 2.90. The van der Waals surface area contributed by atoms with Crippen molar-refractivity contribution in [1.29, 1.82) is 0 Å². The molecule has 1 N–H and O–H groups in total. The maximum atomic E-state index is 5.42. The molecule has 1 aromatic carbocycles. The Morgan fingerprint density at radius 1 is 1.18 bits per heavy atom. The Hall–Kier alpha value is -1.81. The number of benzene rings is 1. The summed E-state index contributed by atoms with van der Waals surface area (Å²) in [6.07, 6.45) is 0. The zero-order valence-corrected chi connectivity index (χ0v) is 10.0. The lowest BCUT2D eigenvalue weighted by Crippen LogP contribution is -2.07. The molecule has 0 fully saturated rings. The van der Waals surface area contributed by atoms with Crippen molar-refractivity contribution in [2.24, 2.45) is 0 Å². The summed E-state index contributed by atoms with van der Waals surface area (Å²) < 4.78 is 5.42. The van der Waals surface area contributed by atoms with Gasteiger partial charge in [-0.1, -0.05) is 5.16 Å². The van der Waals surface area contributed by atoms with Crippen LogP contribution in [-0.2, 0) is 13.1 Å². The molecule has 0 amide bonds. The third kappa shape index (κ3) is 1.70. The van der Waals surface area contributed by atoms with E-state index >= 15 is 0 Å². The van der Waals surface area contributed by atoms with Crippen LogP contribution in [0.25, 0.3) is 11.3 Å². The molecule has 88 valence electrons. The number of nitrogens with zero attached hydrogens (tertiary/aromatic N) is 2. The van der Waals surface area contributed by atoms with Gasteiger partial charge in [0.15, 0.2) is 5.76 Å². The molecule has 1 aliphatic rings. The van der Waals surface area contributed by atoms with Gasteiger partial charge in [0, 0.05) is 44.0 Å². The van der Waals surface area contributed by atoms with Gasteiger partial charge < -0.3 is 14.7 Å². The summed E-state index contributed by atoms with van der Waals surface area (Å²) >= 11 is 0. The lowest BCUT2D eigenvalue weighted by Gasteiger charge is -2.12. The van der Waals surface area contributed by atoms with E-state index in [0.29, 0.717) is 0 Å². The zero-order chi connectivity index (χ0) is 11.8. The summed E-state index contributed by atoms with van der Waals surface area (Å²) in [6, 6.07) is 8.34. The van der Waals surface area contributed by atoms with Crippen LogP contribution in [0.3, 0.4) is 0 Å². The topological polar surface area (TPSA) is 41.3 Å². The summed E-state index contributed by atoms with van der Waals surface area (Å²) in [6.45, 7) is 1.66. The van der Waals surface area contributed by atoms with Gasteiger partial charge in [-0.2, -0.15) is 0 Å². The van der Waals surface area contributed by atoms with Crippen molar-refractivity contribution in [3.63, 3.8) is 0 Å². The maximum absolute atomic E-state index is 5.42. The van der Waals surface area contributed by atoms with Crippen LogP contribution >= 0.6 is 0 Å². The van der Waals surface area contributed by atoms with Gasteiger partial charge in [-0.05, 0) is 24.3 Å².